The summed E-state index contributed by atoms with van der Waals surface area (Å²) in [5.74, 6) is 7.00. The molecule has 9 N–H and O–H groups in total. The third-order valence-corrected chi connectivity index (χ3v) is 0. The number of nitrogens with two attached hydrogens (primary N) is 2. The first kappa shape index (κ1) is 22.5. The number of carbonyl (C=O) groups is 1. The zero-order valence-corrected chi connectivity index (χ0v) is 6.42. The summed E-state index contributed by atoms with van der Waals surface area (Å²) in [6, 6.07) is 0. The fourth-order valence-electron chi connectivity index (χ4n) is 0. The Kier molecular flexibility index (Phi) is 42.1. The van der Waals surface area contributed by atoms with Crippen molar-refractivity contribution in [2.24, 2.45) is 11.8 Å². The van der Waals surface area contributed by atoms with Crippen LogP contribution in [0.2, 0.25) is 0 Å². The van der Waals surface area contributed by atoms with Gasteiger partial charge in [-0.1, -0.05) is 0 Å². The van der Waals surface area contributed by atoms with Crippen LogP contribution in [-0.2, 0) is 15.2 Å². The summed E-state index contributed by atoms with van der Waals surface area (Å²) in [6.45, 7) is -0.250. The SMILES string of the molecule is NO.NO.O=CO.O=S(=O)(O)O. The monoisotopic (exact) mass is 210 g/mol. The molecule has 0 aromatic heterocycles. The van der Waals surface area contributed by atoms with Crippen LogP contribution < -0.4 is 11.8 Å². The van der Waals surface area contributed by atoms with Crippen molar-refractivity contribution in [2.75, 3.05) is 0 Å². The molecule has 0 atom stereocenters. The van der Waals surface area contributed by atoms with Crippen LogP contribution in [0.1, 0.15) is 0 Å². The maximum absolute atomic E-state index is 8.74. The molecule has 0 unspecified atom stereocenters. The lowest BCUT2D eigenvalue weighted by Crippen LogP contribution is -1.89. The van der Waals surface area contributed by atoms with E-state index in [0.29, 0.717) is 0 Å². The van der Waals surface area contributed by atoms with E-state index in [9.17, 15) is 0 Å². The predicted molar refractivity (Wildman–Crippen MR) is 34.8 cm³/mol. The molecule has 0 aromatic carbocycles. The van der Waals surface area contributed by atoms with Crippen LogP contribution >= 0.6 is 0 Å². The number of hydrogen-bond donors (Lipinski definition) is 7. The van der Waals surface area contributed by atoms with Gasteiger partial charge in [-0.05, 0) is 0 Å². The first-order valence-electron chi connectivity index (χ1n) is 1.71. The summed E-state index contributed by atoms with van der Waals surface area (Å²) in [7, 11) is -4.67. The fourth-order valence-corrected chi connectivity index (χ4v) is 0. The van der Waals surface area contributed by atoms with Crippen LogP contribution in [0.3, 0.4) is 0 Å². The fraction of sp³-hybridized carbons (Fsp3) is 0. The second-order valence-electron chi connectivity index (χ2n) is 0.553. The molecule has 0 saturated carbocycles. The zero-order valence-electron chi connectivity index (χ0n) is 5.60. The molecule has 10 nitrogen and oxygen atoms in total. The molecule has 0 bridgehead atoms. The van der Waals surface area contributed by atoms with Crippen molar-refractivity contribution in [3.63, 3.8) is 0 Å². The van der Waals surface area contributed by atoms with Crippen molar-refractivity contribution in [3.05, 3.63) is 0 Å². The molecule has 0 rings (SSSR count). The van der Waals surface area contributed by atoms with Gasteiger partial charge in [0.1, 0.15) is 0 Å². The number of rotatable bonds is 0. The minimum atomic E-state index is -4.67. The van der Waals surface area contributed by atoms with Crippen LogP contribution in [0.15, 0.2) is 0 Å². The van der Waals surface area contributed by atoms with E-state index in [-0.39, 0.29) is 6.47 Å². The molecule has 11 heteroatoms. The van der Waals surface area contributed by atoms with Gasteiger partial charge < -0.3 is 15.5 Å². The normalized spacial score (nSPS) is 6.83. The van der Waals surface area contributed by atoms with Crippen molar-refractivity contribution in [2.45, 2.75) is 0 Å². The lowest BCUT2D eigenvalue weighted by atomic mass is 11.7. The molecular weight excluding hydrogens is 200 g/mol. The summed E-state index contributed by atoms with van der Waals surface area (Å²) in [4.78, 5) is 8.36. The van der Waals surface area contributed by atoms with Gasteiger partial charge in [-0.15, -0.1) is 0 Å². The molecule has 0 aliphatic rings. The average molecular weight is 210 g/mol. The van der Waals surface area contributed by atoms with E-state index in [1.807, 2.05) is 0 Å². The van der Waals surface area contributed by atoms with Gasteiger partial charge in [0.25, 0.3) is 6.47 Å². The Labute approximate surface area is 67.5 Å². The van der Waals surface area contributed by atoms with Gasteiger partial charge >= 0.3 is 10.4 Å². The Balaban J connectivity index is -0.0000000397. The molecule has 0 saturated heterocycles. The van der Waals surface area contributed by atoms with Gasteiger partial charge in [0.15, 0.2) is 0 Å². The Morgan fingerprint density at radius 2 is 1.00 bits per heavy atom. The van der Waals surface area contributed by atoms with Crippen LogP contribution in [0.4, 0.5) is 0 Å². The van der Waals surface area contributed by atoms with Crippen molar-refractivity contribution in [1.82, 2.24) is 0 Å². The molecule has 0 heterocycles. The maximum atomic E-state index is 8.74. The van der Waals surface area contributed by atoms with Crippen LogP contribution in [-0.4, -0.2) is 39.5 Å². The van der Waals surface area contributed by atoms with Gasteiger partial charge in [-0.25, -0.2) is 11.8 Å². The van der Waals surface area contributed by atoms with E-state index in [2.05, 4.69) is 11.8 Å². The third kappa shape index (κ3) is 914. The van der Waals surface area contributed by atoms with Crippen molar-refractivity contribution in [1.29, 1.82) is 0 Å². The number of hydrogen-bond acceptors (Lipinski definition) is 7. The van der Waals surface area contributed by atoms with Gasteiger partial charge in [0.2, 0.25) is 0 Å². The Bertz CT molecular complexity index is 131. The summed E-state index contributed by atoms with van der Waals surface area (Å²) >= 11 is 0. The second kappa shape index (κ2) is 22.5. The lowest BCUT2D eigenvalue weighted by Gasteiger charge is -1.68. The van der Waals surface area contributed by atoms with E-state index in [4.69, 9.17) is 37.8 Å². The third-order valence-electron chi connectivity index (χ3n) is 0. The van der Waals surface area contributed by atoms with Crippen LogP contribution in [0, 0.1) is 0 Å². The molecule has 0 radical (unpaired) electrons. The zero-order chi connectivity index (χ0) is 11.2. The highest BCUT2D eigenvalue weighted by Gasteiger charge is 1.84. The predicted octanol–water partition coefficient (Wildman–Crippen LogP) is -2.28. The summed E-state index contributed by atoms with van der Waals surface area (Å²) in [5, 5.41) is 19.9. The molecule has 0 fully saturated rings. The molecule has 0 aliphatic carbocycles. The Hall–Kier alpha value is -0.820. The summed E-state index contributed by atoms with van der Waals surface area (Å²) in [6.07, 6.45) is 0. The minimum absolute atomic E-state index is 0.250. The van der Waals surface area contributed by atoms with Gasteiger partial charge in [-0.3, -0.25) is 13.9 Å². The van der Waals surface area contributed by atoms with E-state index in [1.165, 1.54) is 0 Å². The van der Waals surface area contributed by atoms with Gasteiger partial charge in [0, 0.05) is 0 Å². The number of carboxylic acid groups (broad SMARTS) is 1. The van der Waals surface area contributed by atoms with Gasteiger partial charge in [-0.2, -0.15) is 8.42 Å². The van der Waals surface area contributed by atoms with E-state index < -0.39 is 10.4 Å². The first-order valence-corrected chi connectivity index (χ1v) is 3.11. The summed E-state index contributed by atoms with van der Waals surface area (Å²) in [5.41, 5.74) is 0. The lowest BCUT2D eigenvalue weighted by molar-refractivity contribution is -0.122. The quantitative estimate of drug-likeness (QED) is 0.129. The van der Waals surface area contributed by atoms with Crippen molar-refractivity contribution >= 4 is 16.9 Å². The van der Waals surface area contributed by atoms with Gasteiger partial charge in [0.05, 0.1) is 0 Å². The molecular formula is CH10N2O8S. The molecule has 0 aromatic rings. The largest absolute Gasteiger partial charge is 0.483 e. The molecule has 78 valence electrons. The summed E-state index contributed by atoms with van der Waals surface area (Å²) < 4.78 is 31.6. The molecule has 0 aliphatic heterocycles. The smallest absolute Gasteiger partial charge is 0.394 e. The van der Waals surface area contributed by atoms with E-state index in [1.54, 1.807) is 0 Å². The molecule has 0 amide bonds. The molecule has 0 spiro atoms. The Morgan fingerprint density at radius 3 is 1.00 bits per heavy atom. The highest BCUT2D eigenvalue weighted by atomic mass is 32.3. The Morgan fingerprint density at radius 1 is 1.00 bits per heavy atom. The van der Waals surface area contributed by atoms with Crippen LogP contribution in [0.25, 0.3) is 0 Å². The van der Waals surface area contributed by atoms with Crippen molar-refractivity contribution in [3.8, 4) is 0 Å². The highest BCUT2D eigenvalue weighted by Crippen LogP contribution is 1.59. The first-order chi connectivity index (χ1) is 5.41. The average Bonchev–Trinajstić information content (AvgIpc) is 1.93. The van der Waals surface area contributed by atoms with E-state index >= 15 is 0 Å². The maximum Gasteiger partial charge on any atom is 0.394 e. The minimum Gasteiger partial charge on any atom is -0.483 e. The topological polar surface area (TPSA) is 204 Å². The van der Waals surface area contributed by atoms with Crippen LogP contribution in [0.5, 0.6) is 0 Å². The second-order valence-corrected chi connectivity index (χ2v) is 1.45. The molecule has 12 heavy (non-hydrogen) atoms. The standard InChI is InChI=1S/CH2O2.2H3NO.H2O4S/c2-1-3;2*1-2;1-5(2,3)4/h1H,(H,2,3);2*2H,1H2;(H2,1,2,3,4). The van der Waals surface area contributed by atoms with E-state index in [0.717, 1.165) is 0 Å². The highest BCUT2D eigenvalue weighted by molar-refractivity contribution is 7.79. The van der Waals surface area contributed by atoms with Crippen molar-refractivity contribution < 1.29 is 37.8 Å².